The second-order valence-electron chi connectivity index (χ2n) is 7.10. The fraction of sp³-hybridized carbons (Fsp3) is 0.200. The van der Waals surface area contributed by atoms with Crippen molar-refractivity contribution in [3.05, 3.63) is 94.3 Å². The lowest BCUT2D eigenvalue weighted by Gasteiger charge is -2.04. The molecule has 0 bridgehead atoms. The van der Waals surface area contributed by atoms with E-state index in [4.69, 9.17) is 0 Å². The van der Waals surface area contributed by atoms with E-state index in [-0.39, 0.29) is 16.9 Å². The molecule has 0 atom stereocenters. The maximum atomic E-state index is 14.3. The van der Waals surface area contributed by atoms with Crippen LogP contribution >= 0.6 is 0 Å². The lowest BCUT2D eigenvalue weighted by Crippen LogP contribution is -1.95. The molecule has 0 unspecified atom stereocenters. The van der Waals surface area contributed by atoms with Crippen LogP contribution in [0.5, 0.6) is 0 Å². The van der Waals surface area contributed by atoms with Gasteiger partial charge in [-0.3, -0.25) is 0 Å². The van der Waals surface area contributed by atoms with Crippen LogP contribution < -0.4 is 0 Å². The Morgan fingerprint density at radius 2 is 1.28 bits per heavy atom. The van der Waals surface area contributed by atoms with E-state index in [0.29, 0.717) is 12.0 Å². The minimum Gasteiger partial charge on any atom is -0.206 e. The Balaban J connectivity index is 1.77. The first kappa shape index (κ1) is 23.1. The first-order valence-corrected chi connectivity index (χ1v) is 10.0. The zero-order chi connectivity index (χ0) is 23.1. The van der Waals surface area contributed by atoms with Gasteiger partial charge in [-0.25, -0.2) is 22.0 Å². The molecule has 0 N–H and O–H groups in total. The van der Waals surface area contributed by atoms with Crippen LogP contribution in [0.25, 0.3) is 0 Å². The van der Waals surface area contributed by atoms with Crippen LogP contribution in [0.1, 0.15) is 42.9 Å². The van der Waals surface area contributed by atoms with Gasteiger partial charge in [0.2, 0.25) is 0 Å². The normalized spacial score (nSPS) is 10.9. The minimum atomic E-state index is -1.08. The molecule has 7 heteroatoms. The van der Waals surface area contributed by atoms with Gasteiger partial charge in [-0.15, -0.1) is 0 Å². The summed E-state index contributed by atoms with van der Waals surface area (Å²) >= 11 is 0. The molecule has 32 heavy (non-hydrogen) atoms. The summed E-state index contributed by atoms with van der Waals surface area (Å²) < 4.78 is 69.0. The number of nitrogens with zero attached hydrogens (tertiary/aromatic N) is 2. The van der Waals surface area contributed by atoms with Crippen LogP contribution in [0.2, 0.25) is 0 Å². The SMILES string of the molecule is CCCCCc1cc(F)c(C#Cc2ccc(N=Nc3ccc(F)c(F)c3)cc2F)c(F)c1. The molecule has 0 radical (unpaired) electrons. The highest BCUT2D eigenvalue weighted by molar-refractivity contribution is 5.49. The molecule has 0 fully saturated rings. The Labute approximate surface area is 182 Å². The van der Waals surface area contributed by atoms with Crippen molar-refractivity contribution in [3.63, 3.8) is 0 Å². The molecule has 2 nitrogen and oxygen atoms in total. The zero-order valence-electron chi connectivity index (χ0n) is 17.2. The molecule has 0 aliphatic rings. The minimum absolute atomic E-state index is 0.0530. The van der Waals surface area contributed by atoms with Crippen LogP contribution in [-0.4, -0.2) is 0 Å². The summed E-state index contributed by atoms with van der Waals surface area (Å²) in [7, 11) is 0. The third-order valence-corrected chi connectivity index (χ3v) is 4.63. The largest absolute Gasteiger partial charge is 0.206 e. The highest BCUT2D eigenvalue weighted by Gasteiger charge is 2.10. The predicted molar refractivity (Wildman–Crippen MR) is 113 cm³/mol. The summed E-state index contributed by atoms with van der Waals surface area (Å²) in [6.07, 6.45) is 3.39. The van der Waals surface area contributed by atoms with Gasteiger partial charge in [0.25, 0.3) is 0 Å². The van der Waals surface area contributed by atoms with E-state index in [1.54, 1.807) is 0 Å². The van der Waals surface area contributed by atoms with Crippen molar-refractivity contribution < 1.29 is 22.0 Å². The molecule has 3 rings (SSSR count). The molecular weight excluding hydrogens is 423 g/mol. The number of aryl methyl sites for hydroxylation is 1. The molecule has 0 aromatic heterocycles. The summed E-state index contributed by atoms with van der Waals surface area (Å²) in [5.41, 5.74) is 0.207. The summed E-state index contributed by atoms with van der Waals surface area (Å²) in [4.78, 5) is 0. The molecule has 0 amide bonds. The quantitative estimate of drug-likeness (QED) is 0.160. The van der Waals surface area contributed by atoms with Gasteiger partial charge in [0.1, 0.15) is 17.5 Å². The van der Waals surface area contributed by atoms with E-state index in [1.807, 2.05) is 6.92 Å². The third kappa shape index (κ3) is 6.01. The number of azo groups is 1. The Morgan fingerprint density at radius 3 is 1.88 bits per heavy atom. The van der Waals surface area contributed by atoms with Gasteiger partial charge in [0.15, 0.2) is 11.6 Å². The summed E-state index contributed by atoms with van der Waals surface area (Å²) in [5, 5.41) is 7.48. The van der Waals surface area contributed by atoms with Crippen LogP contribution in [0.3, 0.4) is 0 Å². The second kappa shape index (κ2) is 10.7. The monoisotopic (exact) mass is 442 g/mol. The third-order valence-electron chi connectivity index (χ3n) is 4.63. The fourth-order valence-corrected chi connectivity index (χ4v) is 2.93. The van der Waals surface area contributed by atoms with Gasteiger partial charge in [-0.1, -0.05) is 31.6 Å². The van der Waals surface area contributed by atoms with Crippen molar-refractivity contribution in [2.24, 2.45) is 10.2 Å². The number of unbranched alkanes of at least 4 members (excludes halogenated alkanes) is 2. The van der Waals surface area contributed by atoms with Crippen molar-refractivity contribution in [2.75, 3.05) is 0 Å². The summed E-state index contributed by atoms with van der Waals surface area (Å²) in [6, 6.07) is 9.18. The Morgan fingerprint density at radius 1 is 0.656 bits per heavy atom. The molecule has 3 aromatic carbocycles. The van der Waals surface area contributed by atoms with Crippen LogP contribution in [0.15, 0.2) is 58.8 Å². The average Bonchev–Trinajstić information content (AvgIpc) is 2.75. The van der Waals surface area contributed by atoms with Gasteiger partial charge in [0, 0.05) is 12.1 Å². The Bertz CT molecular complexity index is 1190. The van der Waals surface area contributed by atoms with Gasteiger partial charge in [0.05, 0.1) is 22.5 Å². The number of halogens is 5. The smallest absolute Gasteiger partial charge is 0.161 e. The van der Waals surface area contributed by atoms with Crippen molar-refractivity contribution in [1.82, 2.24) is 0 Å². The Kier molecular flexibility index (Phi) is 7.72. The molecule has 164 valence electrons. The number of hydrogen-bond acceptors (Lipinski definition) is 2. The van der Waals surface area contributed by atoms with Gasteiger partial charge >= 0.3 is 0 Å². The van der Waals surface area contributed by atoms with E-state index in [2.05, 4.69) is 22.1 Å². The predicted octanol–water partition coefficient (Wildman–Crippen LogP) is 7.93. The molecule has 3 aromatic rings. The highest BCUT2D eigenvalue weighted by atomic mass is 19.2. The van der Waals surface area contributed by atoms with Crippen LogP contribution in [0.4, 0.5) is 33.3 Å². The van der Waals surface area contributed by atoms with Crippen molar-refractivity contribution in [3.8, 4) is 11.8 Å². The zero-order valence-corrected chi connectivity index (χ0v) is 17.2. The van der Waals surface area contributed by atoms with Gasteiger partial charge in [-0.05, 0) is 54.8 Å². The first-order valence-electron chi connectivity index (χ1n) is 10.0. The molecule has 0 aliphatic heterocycles. The van der Waals surface area contributed by atoms with Crippen molar-refractivity contribution in [1.29, 1.82) is 0 Å². The van der Waals surface area contributed by atoms with Crippen molar-refractivity contribution >= 4 is 11.4 Å². The molecule has 0 heterocycles. The molecule has 0 aliphatic carbocycles. The average molecular weight is 442 g/mol. The number of rotatable bonds is 6. The fourth-order valence-electron chi connectivity index (χ4n) is 2.93. The standard InChI is InChI=1S/C25H19F5N2/c1-2-3-4-5-16-12-23(28)20(24(29)13-16)10-7-17-6-8-18(14-22(17)27)31-32-19-9-11-21(26)25(30)15-19/h6,8-9,11-15H,2-5H2,1H3. The highest BCUT2D eigenvalue weighted by Crippen LogP contribution is 2.22. The van der Waals surface area contributed by atoms with E-state index >= 15 is 0 Å². The van der Waals surface area contributed by atoms with E-state index in [0.717, 1.165) is 37.5 Å². The summed E-state index contributed by atoms with van der Waals surface area (Å²) in [5.74, 6) is 0.337. The second-order valence-corrected chi connectivity index (χ2v) is 7.10. The van der Waals surface area contributed by atoms with E-state index < -0.39 is 34.6 Å². The maximum Gasteiger partial charge on any atom is 0.161 e. The van der Waals surface area contributed by atoms with Gasteiger partial charge in [-0.2, -0.15) is 10.2 Å². The lowest BCUT2D eigenvalue weighted by atomic mass is 10.0. The molecule has 0 saturated heterocycles. The van der Waals surface area contributed by atoms with E-state index in [1.165, 1.54) is 30.3 Å². The van der Waals surface area contributed by atoms with Crippen LogP contribution in [-0.2, 0) is 6.42 Å². The lowest BCUT2D eigenvalue weighted by molar-refractivity contribution is 0.509. The molecule has 0 spiro atoms. The first-order chi connectivity index (χ1) is 15.4. The van der Waals surface area contributed by atoms with Crippen LogP contribution in [0, 0.1) is 40.9 Å². The van der Waals surface area contributed by atoms with Gasteiger partial charge < -0.3 is 0 Å². The number of benzene rings is 3. The topological polar surface area (TPSA) is 24.7 Å². The van der Waals surface area contributed by atoms with Crippen molar-refractivity contribution in [2.45, 2.75) is 32.6 Å². The Hall–Kier alpha value is -3.53. The molecular formula is C25H19F5N2. The van der Waals surface area contributed by atoms with E-state index in [9.17, 15) is 22.0 Å². The maximum absolute atomic E-state index is 14.3. The number of hydrogen-bond donors (Lipinski definition) is 0. The molecule has 0 saturated carbocycles. The summed E-state index contributed by atoms with van der Waals surface area (Å²) in [6.45, 7) is 2.04.